The first-order valence-corrected chi connectivity index (χ1v) is 6.98. The Morgan fingerprint density at radius 2 is 2.05 bits per heavy atom. The summed E-state index contributed by atoms with van der Waals surface area (Å²) in [6.07, 6.45) is 2.14. The average molecular weight is 269 g/mol. The van der Waals surface area contributed by atoms with Crippen LogP contribution in [-0.4, -0.2) is 29.8 Å². The second-order valence-electron chi connectivity index (χ2n) is 6.15. The minimum absolute atomic E-state index is 0.107. The molecule has 0 spiro atoms. The fourth-order valence-corrected chi connectivity index (χ4v) is 2.87. The van der Waals surface area contributed by atoms with E-state index < -0.39 is 5.60 Å². The third kappa shape index (κ3) is 3.18. The molecule has 1 aliphatic rings. The predicted molar refractivity (Wildman–Crippen MR) is 75.6 cm³/mol. The molecule has 4 nitrogen and oxygen atoms in total. The molecule has 19 heavy (non-hydrogen) atoms. The first-order valence-electron chi connectivity index (χ1n) is 6.98. The fourth-order valence-electron chi connectivity index (χ4n) is 2.87. The molecule has 110 valence electrons. The van der Waals surface area contributed by atoms with Crippen molar-refractivity contribution in [2.75, 3.05) is 0 Å². The number of nitrogens with two attached hydrogens (primary N) is 1. The number of hydrogen-bond donors (Lipinski definition) is 1. The van der Waals surface area contributed by atoms with E-state index in [9.17, 15) is 4.79 Å². The Bertz CT molecular complexity index is 340. The van der Waals surface area contributed by atoms with Crippen molar-refractivity contribution in [1.29, 1.82) is 0 Å². The molecule has 1 fully saturated rings. The number of esters is 1. The largest absolute Gasteiger partial charge is 0.450 e. The maximum absolute atomic E-state index is 11.4. The van der Waals surface area contributed by atoms with Gasteiger partial charge in [0.25, 0.3) is 0 Å². The van der Waals surface area contributed by atoms with E-state index >= 15 is 0 Å². The van der Waals surface area contributed by atoms with E-state index in [-0.39, 0.29) is 30.1 Å². The zero-order valence-electron chi connectivity index (χ0n) is 12.7. The van der Waals surface area contributed by atoms with Gasteiger partial charge in [0.2, 0.25) is 0 Å². The molecule has 4 atom stereocenters. The third-order valence-corrected chi connectivity index (χ3v) is 3.64. The summed E-state index contributed by atoms with van der Waals surface area (Å²) in [5, 5.41) is 0. The highest BCUT2D eigenvalue weighted by Crippen LogP contribution is 2.40. The van der Waals surface area contributed by atoms with Gasteiger partial charge in [-0.15, -0.1) is 0 Å². The lowest BCUT2D eigenvalue weighted by Gasteiger charge is -2.35. The number of rotatable bonds is 5. The van der Waals surface area contributed by atoms with Crippen molar-refractivity contribution in [2.24, 2.45) is 17.6 Å². The molecule has 0 amide bonds. The predicted octanol–water partition coefficient (Wildman–Crippen LogP) is 2.27. The summed E-state index contributed by atoms with van der Waals surface area (Å²) in [5.74, 6) is 0.317. The van der Waals surface area contributed by atoms with E-state index in [4.69, 9.17) is 15.2 Å². The van der Waals surface area contributed by atoms with Crippen LogP contribution in [0.25, 0.3) is 0 Å². The van der Waals surface area contributed by atoms with Crippen LogP contribution in [0.15, 0.2) is 12.7 Å². The molecular formula is C15H27NO3. The van der Waals surface area contributed by atoms with Crippen LogP contribution in [0.4, 0.5) is 0 Å². The maximum atomic E-state index is 11.4. The van der Waals surface area contributed by atoms with Crippen molar-refractivity contribution < 1.29 is 14.3 Å². The van der Waals surface area contributed by atoms with Gasteiger partial charge in [-0.2, -0.15) is 0 Å². The molecule has 1 heterocycles. The highest BCUT2D eigenvalue weighted by Gasteiger charge is 2.56. The van der Waals surface area contributed by atoms with Crippen LogP contribution < -0.4 is 5.73 Å². The first-order chi connectivity index (χ1) is 8.74. The summed E-state index contributed by atoms with van der Waals surface area (Å²) in [4.78, 5) is 11.4. The molecule has 4 heteroatoms. The van der Waals surface area contributed by atoms with Gasteiger partial charge >= 0.3 is 5.97 Å². The lowest BCUT2D eigenvalue weighted by atomic mass is 9.82. The number of carbonyl (C=O) groups is 1. The van der Waals surface area contributed by atoms with Gasteiger partial charge in [-0.25, -0.2) is 0 Å². The Kier molecular flexibility index (Phi) is 5.16. The highest BCUT2D eigenvalue weighted by molar-refractivity contribution is 5.67. The molecule has 0 radical (unpaired) electrons. The van der Waals surface area contributed by atoms with Gasteiger partial charge in [0, 0.05) is 6.92 Å². The van der Waals surface area contributed by atoms with Crippen molar-refractivity contribution in [2.45, 2.75) is 64.9 Å². The van der Waals surface area contributed by atoms with E-state index in [1.807, 2.05) is 13.8 Å². The van der Waals surface area contributed by atoms with Crippen LogP contribution in [0.1, 0.15) is 41.0 Å². The third-order valence-electron chi connectivity index (χ3n) is 3.64. The van der Waals surface area contributed by atoms with Gasteiger partial charge in [-0.3, -0.25) is 4.79 Å². The van der Waals surface area contributed by atoms with Crippen LogP contribution in [0.5, 0.6) is 0 Å². The molecule has 0 aromatic rings. The number of carbonyl (C=O) groups excluding carboxylic acids is 1. The molecule has 0 unspecified atom stereocenters. The second-order valence-corrected chi connectivity index (χ2v) is 6.15. The van der Waals surface area contributed by atoms with E-state index in [0.717, 1.165) is 6.42 Å². The van der Waals surface area contributed by atoms with E-state index in [1.54, 1.807) is 6.08 Å². The van der Waals surface area contributed by atoms with Crippen LogP contribution in [0.3, 0.4) is 0 Å². The van der Waals surface area contributed by atoms with Crippen LogP contribution in [-0.2, 0) is 14.3 Å². The summed E-state index contributed by atoms with van der Waals surface area (Å²) >= 11 is 0. The Balaban J connectivity index is 3.08. The van der Waals surface area contributed by atoms with Crippen LogP contribution >= 0.6 is 0 Å². The van der Waals surface area contributed by atoms with E-state index in [0.29, 0.717) is 5.92 Å². The van der Waals surface area contributed by atoms with Gasteiger partial charge in [-0.1, -0.05) is 34.3 Å². The Labute approximate surface area is 116 Å². The van der Waals surface area contributed by atoms with Crippen molar-refractivity contribution in [3.63, 3.8) is 0 Å². The fraction of sp³-hybridized carbons (Fsp3) is 0.800. The summed E-state index contributed by atoms with van der Waals surface area (Å²) in [6.45, 7) is 13.5. The Morgan fingerprint density at radius 3 is 2.42 bits per heavy atom. The Morgan fingerprint density at radius 1 is 1.47 bits per heavy atom. The molecule has 2 N–H and O–H groups in total. The SMILES string of the molecule is C=C[C@@]1(OC(C)=O)[C@H](N)[C@@H](CC(C)C)O[C@H]1C(C)C. The van der Waals surface area contributed by atoms with Gasteiger partial charge in [0.05, 0.1) is 12.1 Å². The van der Waals surface area contributed by atoms with E-state index in [2.05, 4.69) is 20.4 Å². The monoisotopic (exact) mass is 269 g/mol. The van der Waals surface area contributed by atoms with Crippen LogP contribution in [0, 0.1) is 11.8 Å². The van der Waals surface area contributed by atoms with Gasteiger partial charge < -0.3 is 15.2 Å². The molecule has 1 saturated heterocycles. The summed E-state index contributed by atoms with van der Waals surface area (Å²) in [5.41, 5.74) is 5.40. The molecule has 1 rings (SSSR count). The van der Waals surface area contributed by atoms with Crippen molar-refractivity contribution >= 4 is 5.97 Å². The molecule has 1 aliphatic heterocycles. The minimum atomic E-state index is -0.917. The topological polar surface area (TPSA) is 61.5 Å². The minimum Gasteiger partial charge on any atom is -0.450 e. The normalized spacial score (nSPS) is 34.8. The summed E-state index contributed by atoms with van der Waals surface area (Å²) in [7, 11) is 0. The maximum Gasteiger partial charge on any atom is 0.303 e. The summed E-state index contributed by atoms with van der Waals surface area (Å²) < 4.78 is 11.6. The van der Waals surface area contributed by atoms with Gasteiger partial charge in [0.15, 0.2) is 5.60 Å². The lowest BCUT2D eigenvalue weighted by Crippen LogP contribution is -2.55. The first kappa shape index (κ1) is 16.2. The average Bonchev–Trinajstić information content (AvgIpc) is 2.53. The zero-order valence-corrected chi connectivity index (χ0v) is 12.7. The second kappa shape index (κ2) is 6.06. The zero-order chi connectivity index (χ0) is 14.8. The van der Waals surface area contributed by atoms with Gasteiger partial charge in [0.1, 0.15) is 6.10 Å². The number of ether oxygens (including phenoxy) is 2. The van der Waals surface area contributed by atoms with E-state index in [1.165, 1.54) is 6.92 Å². The lowest BCUT2D eigenvalue weighted by molar-refractivity contribution is -0.160. The molecule has 0 aromatic heterocycles. The molecule has 0 bridgehead atoms. The van der Waals surface area contributed by atoms with Crippen molar-refractivity contribution in [3.8, 4) is 0 Å². The molecule has 0 aromatic carbocycles. The summed E-state index contributed by atoms with van der Waals surface area (Å²) in [6, 6.07) is -0.372. The Hall–Kier alpha value is -0.870. The highest BCUT2D eigenvalue weighted by atomic mass is 16.6. The van der Waals surface area contributed by atoms with Crippen LogP contribution in [0.2, 0.25) is 0 Å². The van der Waals surface area contributed by atoms with Crippen molar-refractivity contribution in [3.05, 3.63) is 12.7 Å². The van der Waals surface area contributed by atoms with Crippen molar-refractivity contribution in [1.82, 2.24) is 0 Å². The number of hydrogen-bond acceptors (Lipinski definition) is 4. The quantitative estimate of drug-likeness (QED) is 0.614. The standard InChI is InChI=1S/C15H27NO3/c1-7-15(19-11(6)17)13(16)12(8-9(2)3)18-14(15)10(4)5/h7,9-10,12-14H,1,8,16H2,2-6H3/t12-,13-,14+,15-/m1/s1. The smallest absolute Gasteiger partial charge is 0.303 e. The van der Waals surface area contributed by atoms with Gasteiger partial charge in [-0.05, 0) is 24.3 Å². The molecule has 0 aliphatic carbocycles. The molecule has 0 saturated carbocycles. The molecular weight excluding hydrogens is 242 g/mol.